The minimum absolute atomic E-state index is 0.126. The smallest absolute Gasteiger partial charge is 0.316 e. The van der Waals surface area contributed by atoms with Gasteiger partial charge in [0, 0.05) is 11.3 Å². The summed E-state index contributed by atoms with van der Waals surface area (Å²) in [5.41, 5.74) is 2.36. The summed E-state index contributed by atoms with van der Waals surface area (Å²) >= 11 is 1.70. The van der Waals surface area contributed by atoms with Crippen molar-refractivity contribution in [3.05, 3.63) is 35.4 Å². The van der Waals surface area contributed by atoms with Gasteiger partial charge in [0.2, 0.25) is 0 Å². The van der Waals surface area contributed by atoms with Crippen LogP contribution in [0.4, 0.5) is 0 Å². The molecule has 1 aliphatic carbocycles. The molecule has 1 N–H and O–H groups in total. The maximum atomic E-state index is 11.9. The van der Waals surface area contributed by atoms with E-state index in [0.717, 1.165) is 13.0 Å². The van der Waals surface area contributed by atoms with Crippen LogP contribution in [0.25, 0.3) is 0 Å². The van der Waals surface area contributed by atoms with Gasteiger partial charge in [0.25, 0.3) is 0 Å². The summed E-state index contributed by atoms with van der Waals surface area (Å²) < 4.78 is 5.39. The first-order chi connectivity index (χ1) is 9.90. The highest BCUT2D eigenvalue weighted by molar-refractivity contribution is 8.00. The number of esters is 1. The van der Waals surface area contributed by atoms with E-state index in [1.165, 1.54) is 11.1 Å². The number of nitrogens with one attached hydrogen (secondary N) is 1. The van der Waals surface area contributed by atoms with Gasteiger partial charge < -0.3 is 10.1 Å². The molecule has 0 bridgehead atoms. The summed E-state index contributed by atoms with van der Waals surface area (Å²) in [6.45, 7) is 8.77. The molecule has 3 nitrogen and oxygen atoms in total. The van der Waals surface area contributed by atoms with E-state index in [1.807, 2.05) is 20.8 Å². The summed E-state index contributed by atoms with van der Waals surface area (Å²) in [6, 6.07) is 8.88. The van der Waals surface area contributed by atoms with Gasteiger partial charge in [-0.2, -0.15) is 0 Å². The van der Waals surface area contributed by atoms with E-state index >= 15 is 0 Å². The maximum Gasteiger partial charge on any atom is 0.316 e. The predicted molar refractivity (Wildman–Crippen MR) is 88.7 cm³/mol. The Kier molecular flexibility index (Phi) is 5.33. The quantitative estimate of drug-likeness (QED) is 0.847. The molecule has 0 radical (unpaired) electrons. The summed E-state index contributed by atoms with van der Waals surface area (Å²) in [6.07, 6.45) is 1.02. The van der Waals surface area contributed by atoms with Crippen molar-refractivity contribution in [3.63, 3.8) is 0 Å². The van der Waals surface area contributed by atoms with Crippen LogP contribution in [0.5, 0.6) is 0 Å². The number of fused-ring (bicyclic) bond motifs is 1. The summed E-state index contributed by atoms with van der Waals surface area (Å²) in [7, 11) is 0. The first-order valence-corrected chi connectivity index (χ1v) is 8.60. The van der Waals surface area contributed by atoms with Crippen LogP contribution in [-0.2, 0) is 16.0 Å². The minimum Gasteiger partial charge on any atom is -0.459 e. The Labute approximate surface area is 131 Å². The normalized spacial score (nSPS) is 21.1. The molecule has 2 atom stereocenters. The number of rotatable bonds is 5. The Bertz CT molecular complexity index is 496. The number of thioether (sulfide) groups is 1. The largest absolute Gasteiger partial charge is 0.459 e. The minimum atomic E-state index is -0.405. The van der Waals surface area contributed by atoms with Crippen LogP contribution >= 0.6 is 11.8 Å². The molecule has 0 saturated heterocycles. The molecule has 1 aromatic carbocycles. The van der Waals surface area contributed by atoms with Gasteiger partial charge in [-0.25, -0.2) is 0 Å². The van der Waals surface area contributed by atoms with Crippen molar-refractivity contribution in [2.24, 2.45) is 0 Å². The van der Waals surface area contributed by atoms with Gasteiger partial charge in [-0.15, -0.1) is 11.8 Å². The van der Waals surface area contributed by atoms with Crippen LogP contribution < -0.4 is 5.32 Å². The molecule has 0 saturated carbocycles. The number of carbonyl (C=O) groups excluding carboxylic acids is 1. The molecule has 0 fully saturated rings. The molecule has 116 valence electrons. The third kappa shape index (κ3) is 4.48. The summed E-state index contributed by atoms with van der Waals surface area (Å²) in [5, 5.41) is 3.95. The Morgan fingerprint density at radius 1 is 1.38 bits per heavy atom. The number of carbonyl (C=O) groups is 1. The summed E-state index contributed by atoms with van der Waals surface area (Å²) in [4.78, 5) is 11.9. The van der Waals surface area contributed by atoms with Crippen molar-refractivity contribution in [2.45, 2.75) is 51.0 Å². The molecule has 21 heavy (non-hydrogen) atoms. The van der Waals surface area contributed by atoms with E-state index in [4.69, 9.17) is 4.74 Å². The number of hydrogen-bond acceptors (Lipinski definition) is 4. The number of ether oxygens (including phenoxy) is 1. The van der Waals surface area contributed by atoms with Crippen molar-refractivity contribution in [1.82, 2.24) is 5.32 Å². The zero-order valence-electron chi connectivity index (χ0n) is 13.3. The number of hydrogen-bond donors (Lipinski definition) is 1. The van der Waals surface area contributed by atoms with Crippen molar-refractivity contribution in [3.8, 4) is 0 Å². The molecular weight excluding hydrogens is 282 g/mol. The van der Waals surface area contributed by atoms with E-state index in [-0.39, 0.29) is 5.97 Å². The third-order valence-corrected chi connectivity index (χ3v) is 4.71. The van der Waals surface area contributed by atoms with Gasteiger partial charge in [-0.05, 0) is 44.9 Å². The van der Waals surface area contributed by atoms with Gasteiger partial charge >= 0.3 is 5.97 Å². The zero-order chi connectivity index (χ0) is 15.5. The van der Waals surface area contributed by atoms with Gasteiger partial charge in [0.15, 0.2) is 0 Å². The van der Waals surface area contributed by atoms with E-state index in [1.54, 1.807) is 11.8 Å². The van der Waals surface area contributed by atoms with Crippen molar-refractivity contribution in [1.29, 1.82) is 0 Å². The maximum absolute atomic E-state index is 11.9. The van der Waals surface area contributed by atoms with Crippen LogP contribution in [0.15, 0.2) is 24.3 Å². The molecule has 0 amide bonds. The average molecular weight is 307 g/mol. The fourth-order valence-electron chi connectivity index (χ4n) is 2.72. The molecule has 1 aromatic rings. The molecule has 2 unspecified atom stereocenters. The molecule has 0 aromatic heterocycles. The fraction of sp³-hybridized carbons (Fsp3) is 0.588. The Morgan fingerprint density at radius 2 is 2.10 bits per heavy atom. The lowest BCUT2D eigenvalue weighted by Gasteiger charge is -2.22. The van der Waals surface area contributed by atoms with Crippen LogP contribution in [0, 0.1) is 0 Å². The second kappa shape index (κ2) is 6.84. The summed E-state index contributed by atoms with van der Waals surface area (Å²) in [5.74, 6) is 0.288. The highest BCUT2D eigenvalue weighted by Gasteiger charge is 2.32. The number of benzene rings is 1. The second-order valence-corrected chi connectivity index (χ2v) is 7.60. The zero-order valence-corrected chi connectivity index (χ0v) is 14.1. The Balaban J connectivity index is 1.96. The lowest BCUT2D eigenvalue weighted by Crippen LogP contribution is -2.29. The monoisotopic (exact) mass is 307 g/mol. The molecule has 0 aliphatic heterocycles. The van der Waals surface area contributed by atoms with E-state index in [9.17, 15) is 4.79 Å². The SMILES string of the molecule is CCNC1c2ccccc2CC1SCC(=O)OC(C)(C)C. The first kappa shape index (κ1) is 16.4. The van der Waals surface area contributed by atoms with Gasteiger partial charge in [0.1, 0.15) is 5.60 Å². The standard InChI is InChI=1S/C17H25NO2S/c1-5-18-16-13-9-7-6-8-12(13)10-14(16)21-11-15(19)20-17(2,3)4/h6-9,14,16,18H,5,10-11H2,1-4H3. The first-order valence-electron chi connectivity index (χ1n) is 7.55. The van der Waals surface area contributed by atoms with E-state index < -0.39 is 5.60 Å². The van der Waals surface area contributed by atoms with Crippen LogP contribution in [0.3, 0.4) is 0 Å². The van der Waals surface area contributed by atoms with Crippen molar-refractivity contribution < 1.29 is 9.53 Å². The molecule has 0 spiro atoms. The van der Waals surface area contributed by atoms with Crippen LogP contribution in [-0.4, -0.2) is 29.1 Å². The molecule has 4 heteroatoms. The second-order valence-electron chi connectivity index (χ2n) is 6.37. The molecular formula is C17H25NO2S. The fourth-order valence-corrected chi connectivity index (χ4v) is 3.86. The van der Waals surface area contributed by atoms with Gasteiger partial charge in [0.05, 0.1) is 5.75 Å². The Hall–Kier alpha value is -1.00. The van der Waals surface area contributed by atoms with Gasteiger partial charge in [-0.1, -0.05) is 31.2 Å². The molecule has 0 heterocycles. The van der Waals surface area contributed by atoms with Crippen LogP contribution in [0.2, 0.25) is 0 Å². The topological polar surface area (TPSA) is 38.3 Å². The van der Waals surface area contributed by atoms with E-state index in [2.05, 4.69) is 36.5 Å². The highest BCUT2D eigenvalue weighted by atomic mass is 32.2. The highest BCUT2D eigenvalue weighted by Crippen LogP contribution is 2.38. The Morgan fingerprint density at radius 3 is 2.76 bits per heavy atom. The lowest BCUT2D eigenvalue weighted by atomic mass is 10.1. The molecule has 1 aliphatic rings. The van der Waals surface area contributed by atoms with Crippen LogP contribution in [0.1, 0.15) is 44.9 Å². The third-order valence-electron chi connectivity index (χ3n) is 3.44. The van der Waals surface area contributed by atoms with Gasteiger partial charge in [-0.3, -0.25) is 4.79 Å². The molecule has 2 rings (SSSR count). The average Bonchev–Trinajstić information content (AvgIpc) is 2.73. The van der Waals surface area contributed by atoms with E-state index in [0.29, 0.717) is 17.0 Å². The predicted octanol–water partition coefficient (Wildman–Crippen LogP) is 3.34. The van der Waals surface area contributed by atoms with Crippen molar-refractivity contribution >= 4 is 17.7 Å². The van der Waals surface area contributed by atoms with Crippen molar-refractivity contribution in [2.75, 3.05) is 12.3 Å². The lowest BCUT2D eigenvalue weighted by molar-refractivity contribution is -0.151.